The number of rotatable bonds is 3. The van der Waals surface area contributed by atoms with Gasteiger partial charge in [0.05, 0.1) is 6.04 Å². The Kier molecular flexibility index (Phi) is 3.42. The van der Waals surface area contributed by atoms with E-state index in [-0.39, 0.29) is 11.8 Å². The van der Waals surface area contributed by atoms with Crippen LogP contribution in [0.15, 0.2) is 24.3 Å². The highest BCUT2D eigenvalue weighted by atomic mass is 16.1. The number of likely N-dealkylation sites (N-methyl/N-ethyl adjacent to an activating group) is 1. The van der Waals surface area contributed by atoms with Crippen LogP contribution in [0.2, 0.25) is 0 Å². The lowest BCUT2D eigenvalue weighted by Gasteiger charge is -2.21. The van der Waals surface area contributed by atoms with Gasteiger partial charge in [0.15, 0.2) is 5.78 Å². The third-order valence-corrected chi connectivity index (χ3v) is 2.29. The lowest BCUT2D eigenvalue weighted by molar-refractivity contribution is -0.121. The molecule has 76 valence electrons. The van der Waals surface area contributed by atoms with Crippen molar-refractivity contribution in [2.24, 2.45) is 0 Å². The molecule has 0 N–H and O–H groups in total. The number of Topliss-reactive ketones (excluding diaryl/α,β-unsaturated/α-hetero) is 1. The van der Waals surface area contributed by atoms with Crippen molar-refractivity contribution in [1.82, 2.24) is 4.90 Å². The number of benzene rings is 1. The molecule has 1 unspecified atom stereocenters. The molecule has 2 heteroatoms. The summed E-state index contributed by atoms with van der Waals surface area (Å²) < 4.78 is 0. The van der Waals surface area contributed by atoms with Crippen LogP contribution < -0.4 is 0 Å². The second-order valence-electron chi connectivity index (χ2n) is 3.89. The average molecular weight is 191 g/mol. The highest BCUT2D eigenvalue weighted by Crippen LogP contribution is 2.19. The zero-order valence-corrected chi connectivity index (χ0v) is 9.24. The van der Waals surface area contributed by atoms with Crippen molar-refractivity contribution >= 4 is 5.78 Å². The van der Waals surface area contributed by atoms with Crippen LogP contribution in [0.25, 0.3) is 0 Å². The summed E-state index contributed by atoms with van der Waals surface area (Å²) in [6.45, 7) is 3.67. The van der Waals surface area contributed by atoms with Gasteiger partial charge in [0, 0.05) is 0 Å². The normalized spacial score (nSPS) is 12.9. The molecule has 0 fully saturated rings. The first-order valence-corrected chi connectivity index (χ1v) is 4.76. The standard InChI is InChI=1S/C12H17NO/c1-9-5-7-11(8-6-9)12(10(2)14)13(3)4/h5-8,12H,1-4H3. The van der Waals surface area contributed by atoms with Gasteiger partial charge in [-0.05, 0) is 33.5 Å². The summed E-state index contributed by atoms with van der Waals surface area (Å²) in [5.74, 6) is 0.179. The fraction of sp³-hybridized carbons (Fsp3) is 0.417. The molecule has 1 atom stereocenters. The minimum absolute atomic E-state index is 0.115. The molecule has 0 radical (unpaired) electrons. The van der Waals surface area contributed by atoms with Gasteiger partial charge in [-0.25, -0.2) is 0 Å². The highest BCUT2D eigenvalue weighted by molar-refractivity contribution is 5.82. The average Bonchev–Trinajstić information content (AvgIpc) is 2.07. The minimum atomic E-state index is -0.115. The molecule has 0 aliphatic rings. The highest BCUT2D eigenvalue weighted by Gasteiger charge is 2.18. The summed E-state index contributed by atoms with van der Waals surface area (Å²) in [5, 5.41) is 0. The van der Waals surface area contributed by atoms with Crippen molar-refractivity contribution in [3.8, 4) is 0 Å². The van der Waals surface area contributed by atoms with Crippen LogP contribution in [0.5, 0.6) is 0 Å². The molecule has 0 aromatic heterocycles. The maximum atomic E-state index is 11.4. The van der Waals surface area contributed by atoms with Crippen LogP contribution in [-0.4, -0.2) is 24.8 Å². The lowest BCUT2D eigenvalue weighted by Crippen LogP contribution is -2.25. The van der Waals surface area contributed by atoms with Gasteiger partial charge in [-0.1, -0.05) is 29.8 Å². The smallest absolute Gasteiger partial charge is 0.151 e. The Morgan fingerprint density at radius 1 is 1.21 bits per heavy atom. The molecule has 0 bridgehead atoms. The van der Waals surface area contributed by atoms with E-state index in [0.717, 1.165) is 5.56 Å². The van der Waals surface area contributed by atoms with Gasteiger partial charge in [0.1, 0.15) is 0 Å². The van der Waals surface area contributed by atoms with E-state index in [2.05, 4.69) is 0 Å². The van der Waals surface area contributed by atoms with E-state index >= 15 is 0 Å². The molecular formula is C12H17NO. The Balaban J connectivity index is 3.00. The van der Waals surface area contributed by atoms with Crippen LogP contribution in [0.1, 0.15) is 24.1 Å². The van der Waals surface area contributed by atoms with Gasteiger partial charge in [0.25, 0.3) is 0 Å². The second-order valence-corrected chi connectivity index (χ2v) is 3.89. The van der Waals surface area contributed by atoms with Crippen molar-refractivity contribution in [1.29, 1.82) is 0 Å². The summed E-state index contributed by atoms with van der Waals surface area (Å²) >= 11 is 0. The van der Waals surface area contributed by atoms with E-state index in [4.69, 9.17) is 0 Å². The number of carbonyl (C=O) groups excluding carboxylic acids is 1. The number of hydrogen-bond donors (Lipinski definition) is 0. The van der Waals surface area contributed by atoms with E-state index in [1.54, 1.807) is 6.92 Å². The Morgan fingerprint density at radius 2 is 1.71 bits per heavy atom. The van der Waals surface area contributed by atoms with Gasteiger partial charge >= 0.3 is 0 Å². The molecule has 1 rings (SSSR count). The Bertz CT molecular complexity index is 314. The summed E-state index contributed by atoms with van der Waals surface area (Å²) in [5.41, 5.74) is 2.28. The Labute approximate surface area is 85.5 Å². The van der Waals surface area contributed by atoms with E-state index in [0.29, 0.717) is 0 Å². The molecule has 0 heterocycles. The largest absolute Gasteiger partial charge is 0.298 e. The third kappa shape index (κ3) is 2.42. The molecule has 0 amide bonds. The lowest BCUT2D eigenvalue weighted by atomic mass is 10.0. The summed E-state index contributed by atoms with van der Waals surface area (Å²) in [6, 6.07) is 7.99. The summed E-state index contributed by atoms with van der Waals surface area (Å²) in [7, 11) is 3.85. The number of ketones is 1. The van der Waals surface area contributed by atoms with Crippen molar-refractivity contribution in [3.63, 3.8) is 0 Å². The minimum Gasteiger partial charge on any atom is -0.298 e. The summed E-state index contributed by atoms with van der Waals surface area (Å²) in [6.07, 6.45) is 0. The van der Waals surface area contributed by atoms with Crippen LogP contribution in [0, 0.1) is 6.92 Å². The van der Waals surface area contributed by atoms with Gasteiger partial charge in [0.2, 0.25) is 0 Å². The van der Waals surface area contributed by atoms with E-state index in [1.165, 1.54) is 5.56 Å². The second kappa shape index (κ2) is 4.38. The number of nitrogens with zero attached hydrogens (tertiary/aromatic N) is 1. The van der Waals surface area contributed by atoms with Gasteiger partial charge in [-0.15, -0.1) is 0 Å². The van der Waals surface area contributed by atoms with E-state index in [9.17, 15) is 4.79 Å². The Morgan fingerprint density at radius 3 is 2.07 bits per heavy atom. The van der Waals surface area contributed by atoms with Crippen LogP contribution in [-0.2, 0) is 4.79 Å². The maximum Gasteiger partial charge on any atom is 0.151 e. The topological polar surface area (TPSA) is 20.3 Å². The Hall–Kier alpha value is -1.15. The first-order valence-electron chi connectivity index (χ1n) is 4.76. The molecule has 2 nitrogen and oxygen atoms in total. The van der Waals surface area contributed by atoms with Gasteiger partial charge < -0.3 is 0 Å². The molecule has 0 saturated heterocycles. The molecule has 0 aliphatic carbocycles. The summed E-state index contributed by atoms with van der Waals surface area (Å²) in [4.78, 5) is 13.4. The maximum absolute atomic E-state index is 11.4. The van der Waals surface area contributed by atoms with Crippen molar-refractivity contribution < 1.29 is 4.79 Å². The fourth-order valence-electron chi connectivity index (χ4n) is 1.65. The molecule has 0 saturated carbocycles. The predicted octanol–water partition coefficient (Wildman–Crippen LogP) is 2.19. The monoisotopic (exact) mass is 191 g/mol. The number of hydrogen-bond acceptors (Lipinski definition) is 2. The van der Waals surface area contributed by atoms with Crippen LogP contribution in [0.4, 0.5) is 0 Å². The predicted molar refractivity (Wildman–Crippen MR) is 58.3 cm³/mol. The zero-order chi connectivity index (χ0) is 10.7. The first-order chi connectivity index (χ1) is 6.52. The van der Waals surface area contributed by atoms with Crippen LogP contribution >= 0.6 is 0 Å². The zero-order valence-electron chi connectivity index (χ0n) is 9.24. The van der Waals surface area contributed by atoms with Crippen molar-refractivity contribution in [3.05, 3.63) is 35.4 Å². The molecule has 0 spiro atoms. The first kappa shape index (κ1) is 10.9. The molecule has 1 aromatic rings. The van der Waals surface area contributed by atoms with E-state index < -0.39 is 0 Å². The van der Waals surface area contributed by atoms with Crippen molar-refractivity contribution in [2.75, 3.05) is 14.1 Å². The molecule has 1 aromatic carbocycles. The van der Waals surface area contributed by atoms with Crippen molar-refractivity contribution in [2.45, 2.75) is 19.9 Å². The third-order valence-electron chi connectivity index (χ3n) is 2.29. The fourth-order valence-corrected chi connectivity index (χ4v) is 1.65. The van der Waals surface area contributed by atoms with Gasteiger partial charge in [-0.3, -0.25) is 9.69 Å². The van der Waals surface area contributed by atoms with Crippen LogP contribution in [0.3, 0.4) is 0 Å². The molecular weight excluding hydrogens is 174 g/mol. The van der Waals surface area contributed by atoms with Gasteiger partial charge in [-0.2, -0.15) is 0 Å². The molecule has 0 aliphatic heterocycles. The quantitative estimate of drug-likeness (QED) is 0.730. The number of carbonyl (C=O) groups is 1. The number of aryl methyl sites for hydroxylation is 1. The molecule has 14 heavy (non-hydrogen) atoms. The SMILES string of the molecule is CC(=O)C(c1ccc(C)cc1)N(C)C. The van der Waals surface area contributed by atoms with E-state index in [1.807, 2.05) is 50.2 Å².